The van der Waals surface area contributed by atoms with Gasteiger partial charge in [-0.1, -0.05) is 0 Å². The summed E-state index contributed by atoms with van der Waals surface area (Å²) in [4.78, 5) is 13.5. The third kappa shape index (κ3) is 2.19. The number of H-pyrrole nitrogens is 1. The van der Waals surface area contributed by atoms with Crippen LogP contribution in [-0.2, 0) is 0 Å². The first-order valence-electron chi connectivity index (χ1n) is 4.77. The maximum atomic E-state index is 10.9. The highest BCUT2D eigenvalue weighted by atomic mass is 16.4. The first kappa shape index (κ1) is 9.79. The number of aromatic amines is 1. The van der Waals surface area contributed by atoms with Crippen LogP contribution in [-0.4, -0.2) is 17.6 Å². The number of anilines is 1. The maximum Gasteiger partial charge on any atom is 0.417 e. The molecule has 0 bridgehead atoms. The molecule has 0 amide bonds. The zero-order valence-corrected chi connectivity index (χ0v) is 8.41. The molecule has 4 N–H and O–H groups in total. The summed E-state index contributed by atoms with van der Waals surface area (Å²) in [6.45, 7) is 2.60. The monoisotopic (exact) mass is 207 g/mol. The molecule has 0 aliphatic heterocycles. The van der Waals surface area contributed by atoms with Gasteiger partial charge in [0, 0.05) is 24.3 Å². The molecule has 1 heterocycles. The van der Waals surface area contributed by atoms with E-state index in [0.717, 1.165) is 5.69 Å². The average Bonchev–Trinajstić information content (AvgIpc) is 2.53. The fraction of sp³-hybridized carbons (Fsp3) is 0.300. The fourth-order valence-electron chi connectivity index (χ4n) is 1.33. The third-order valence-electron chi connectivity index (χ3n) is 2.05. The molecule has 2 rings (SSSR count). The summed E-state index contributed by atoms with van der Waals surface area (Å²) >= 11 is 0. The van der Waals surface area contributed by atoms with Crippen molar-refractivity contribution in [2.24, 2.45) is 5.73 Å². The third-order valence-corrected chi connectivity index (χ3v) is 2.05. The lowest BCUT2D eigenvalue weighted by Crippen LogP contribution is -2.25. The van der Waals surface area contributed by atoms with E-state index in [1.165, 1.54) is 0 Å². The molecule has 0 saturated carbocycles. The van der Waals surface area contributed by atoms with Gasteiger partial charge in [0.2, 0.25) is 0 Å². The Labute approximate surface area is 86.3 Å². The van der Waals surface area contributed by atoms with Crippen molar-refractivity contribution in [1.29, 1.82) is 0 Å². The second-order valence-electron chi connectivity index (χ2n) is 3.58. The number of nitrogens with two attached hydrogens (primary N) is 1. The van der Waals surface area contributed by atoms with Gasteiger partial charge >= 0.3 is 5.76 Å². The van der Waals surface area contributed by atoms with Gasteiger partial charge in [0.25, 0.3) is 0 Å². The molecule has 0 spiro atoms. The largest absolute Gasteiger partial charge is 0.417 e. The summed E-state index contributed by atoms with van der Waals surface area (Å²) in [5.41, 5.74) is 7.76. The van der Waals surface area contributed by atoms with Crippen LogP contribution >= 0.6 is 0 Å². The van der Waals surface area contributed by atoms with Crippen LogP contribution in [0.15, 0.2) is 27.4 Å². The van der Waals surface area contributed by atoms with Crippen molar-refractivity contribution in [1.82, 2.24) is 4.98 Å². The molecule has 1 unspecified atom stereocenters. The van der Waals surface area contributed by atoms with Crippen molar-refractivity contribution >= 4 is 16.8 Å². The van der Waals surface area contributed by atoms with E-state index < -0.39 is 5.76 Å². The van der Waals surface area contributed by atoms with Crippen LogP contribution in [0.1, 0.15) is 6.92 Å². The van der Waals surface area contributed by atoms with Crippen molar-refractivity contribution in [2.45, 2.75) is 13.0 Å². The minimum Gasteiger partial charge on any atom is -0.408 e. The quantitative estimate of drug-likeness (QED) is 0.697. The second-order valence-corrected chi connectivity index (χ2v) is 3.58. The lowest BCUT2D eigenvalue weighted by Gasteiger charge is -2.08. The van der Waals surface area contributed by atoms with Crippen LogP contribution in [0, 0.1) is 0 Å². The molecule has 80 valence electrons. The van der Waals surface area contributed by atoms with Gasteiger partial charge in [-0.2, -0.15) is 0 Å². The molecule has 1 aromatic heterocycles. The number of fused-ring (bicyclic) bond motifs is 1. The zero-order valence-electron chi connectivity index (χ0n) is 8.41. The van der Waals surface area contributed by atoms with E-state index in [0.29, 0.717) is 17.6 Å². The number of nitrogens with one attached hydrogen (secondary N) is 2. The van der Waals surface area contributed by atoms with Crippen LogP contribution in [0.4, 0.5) is 5.69 Å². The second kappa shape index (κ2) is 3.78. The Hall–Kier alpha value is -1.75. The molecule has 0 aliphatic carbocycles. The Morgan fingerprint density at radius 3 is 3.13 bits per heavy atom. The lowest BCUT2D eigenvalue weighted by molar-refractivity contribution is 0.555. The van der Waals surface area contributed by atoms with Crippen molar-refractivity contribution in [3.63, 3.8) is 0 Å². The van der Waals surface area contributed by atoms with Crippen molar-refractivity contribution in [3.8, 4) is 0 Å². The Morgan fingerprint density at radius 2 is 2.40 bits per heavy atom. The van der Waals surface area contributed by atoms with E-state index >= 15 is 0 Å². The molecule has 15 heavy (non-hydrogen) atoms. The SMILES string of the molecule is CC(N)CNc1ccc2[nH]c(=O)oc2c1. The van der Waals surface area contributed by atoms with E-state index in [1.807, 2.05) is 13.0 Å². The molecule has 0 radical (unpaired) electrons. The first-order valence-corrected chi connectivity index (χ1v) is 4.77. The number of aromatic nitrogens is 1. The normalized spacial score (nSPS) is 12.9. The predicted octanol–water partition coefficient (Wildman–Crippen LogP) is 0.880. The van der Waals surface area contributed by atoms with E-state index in [9.17, 15) is 4.79 Å². The van der Waals surface area contributed by atoms with Crippen LogP contribution < -0.4 is 16.8 Å². The van der Waals surface area contributed by atoms with Crippen LogP contribution in [0.25, 0.3) is 11.1 Å². The molecule has 1 atom stereocenters. The lowest BCUT2D eigenvalue weighted by atomic mass is 10.2. The summed E-state index contributed by atoms with van der Waals surface area (Å²) in [5, 5.41) is 3.14. The van der Waals surface area contributed by atoms with Crippen molar-refractivity contribution in [2.75, 3.05) is 11.9 Å². The van der Waals surface area contributed by atoms with Gasteiger partial charge in [0.15, 0.2) is 5.58 Å². The Bertz CT molecular complexity index is 513. The van der Waals surface area contributed by atoms with Gasteiger partial charge in [-0.15, -0.1) is 0 Å². The number of benzene rings is 1. The molecule has 5 heteroatoms. The maximum absolute atomic E-state index is 10.9. The minimum absolute atomic E-state index is 0.0823. The van der Waals surface area contributed by atoms with E-state index in [4.69, 9.17) is 10.2 Å². The Morgan fingerprint density at radius 1 is 1.60 bits per heavy atom. The van der Waals surface area contributed by atoms with E-state index in [-0.39, 0.29) is 6.04 Å². The van der Waals surface area contributed by atoms with Crippen LogP contribution in [0.5, 0.6) is 0 Å². The van der Waals surface area contributed by atoms with Gasteiger partial charge in [0.1, 0.15) is 0 Å². The number of oxazole rings is 1. The summed E-state index contributed by atoms with van der Waals surface area (Å²) < 4.78 is 4.93. The number of hydrogen-bond acceptors (Lipinski definition) is 4. The number of hydrogen-bond donors (Lipinski definition) is 3. The van der Waals surface area contributed by atoms with Gasteiger partial charge in [-0.3, -0.25) is 4.98 Å². The average molecular weight is 207 g/mol. The fourth-order valence-corrected chi connectivity index (χ4v) is 1.33. The molecule has 0 fully saturated rings. The highest BCUT2D eigenvalue weighted by Gasteiger charge is 2.02. The van der Waals surface area contributed by atoms with Crippen molar-refractivity contribution < 1.29 is 4.42 Å². The summed E-state index contributed by atoms with van der Waals surface area (Å²) in [6.07, 6.45) is 0. The number of rotatable bonds is 3. The van der Waals surface area contributed by atoms with E-state index in [2.05, 4.69) is 10.3 Å². The van der Waals surface area contributed by atoms with E-state index in [1.54, 1.807) is 12.1 Å². The van der Waals surface area contributed by atoms with Gasteiger partial charge in [0.05, 0.1) is 5.52 Å². The highest BCUT2D eigenvalue weighted by Crippen LogP contribution is 2.15. The molecular weight excluding hydrogens is 194 g/mol. The Kier molecular flexibility index (Phi) is 2.47. The van der Waals surface area contributed by atoms with Crippen molar-refractivity contribution in [3.05, 3.63) is 28.7 Å². The van der Waals surface area contributed by atoms with Crippen LogP contribution in [0.2, 0.25) is 0 Å². The van der Waals surface area contributed by atoms with Gasteiger partial charge in [-0.25, -0.2) is 4.79 Å². The topological polar surface area (TPSA) is 84.0 Å². The molecule has 5 nitrogen and oxygen atoms in total. The molecule has 0 aliphatic rings. The Balaban J connectivity index is 2.26. The summed E-state index contributed by atoms with van der Waals surface area (Å²) in [7, 11) is 0. The van der Waals surface area contributed by atoms with Gasteiger partial charge < -0.3 is 15.5 Å². The first-order chi connectivity index (χ1) is 7.15. The smallest absolute Gasteiger partial charge is 0.408 e. The molecule has 1 aromatic carbocycles. The predicted molar refractivity (Wildman–Crippen MR) is 59.0 cm³/mol. The molecule has 2 aromatic rings. The van der Waals surface area contributed by atoms with Gasteiger partial charge in [-0.05, 0) is 19.1 Å². The van der Waals surface area contributed by atoms with Crippen LogP contribution in [0.3, 0.4) is 0 Å². The summed E-state index contributed by atoms with van der Waals surface area (Å²) in [5.74, 6) is -0.436. The molecule has 0 saturated heterocycles. The minimum atomic E-state index is -0.436. The zero-order chi connectivity index (χ0) is 10.8. The standard InChI is InChI=1S/C10H13N3O2/c1-6(11)5-12-7-2-3-8-9(4-7)15-10(14)13-8/h2-4,6,12H,5,11H2,1H3,(H,13,14). The highest BCUT2D eigenvalue weighted by molar-refractivity contribution is 5.76. The summed E-state index contributed by atoms with van der Waals surface area (Å²) in [6, 6.07) is 5.52. The molecular formula is C10H13N3O2.